The third-order valence-corrected chi connectivity index (χ3v) is 4.32. The average Bonchev–Trinajstić information content (AvgIpc) is 2.76. The maximum absolute atomic E-state index is 5.67. The van der Waals surface area contributed by atoms with Gasteiger partial charge < -0.3 is 10.6 Å². The molecule has 2 aliphatic heterocycles. The van der Waals surface area contributed by atoms with Gasteiger partial charge in [0.05, 0.1) is 5.69 Å². The molecule has 3 rings (SSSR count). The van der Waals surface area contributed by atoms with Crippen molar-refractivity contribution >= 4 is 23.0 Å². The molecule has 0 spiro atoms. The van der Waals surface area contributed by atoms with Gasteiger partial charge in [-0.25, -0.2) is 4.98 Å². The quantitative estimate of drug-likeness (QED) is 0.827. The Morgan fingerprint density at radius 2 is 2.11 bits per heavy atom. The Labute approximate surface area is 119 Å². The molecule has 0 bridgehead atoms. The lowest BCUT2D eigenvalue weighted by molar-refractivity contribution is 0.273. The van der Waals surface area contributed by atoms with Crippen molar-refractivity contribution in [2.45, 2.75) is 25.3 Å². The van der Waals surface area contributed by atoms with E-state index in [9.17, 15) is 0 Å². The number of anilines is 1. The van der Waals surface area contributed by atoms with E-state index in [1.54, 1.807) is 0 Å². The lowest BCUT2D eigenvalue weighted by Gasteiger charge is -2.26. The van der Waals surface area contributed by atoms with Crippen molar-refractivity contribution in [3.8, 4) is 0 Å². The molecule has 2 fully saturated rings. The summed E-state index contributed by atoms with van der Waals surface area (Å²) in [7, 11) is 0. The highest BCUT2D eigenvalue weighted by Gasteiger charge is 2.29. The summed E-state index contributed by atoms with van der Waals surface area (Å²) < 4.78 is 0. The molecule has 0 aliphatic carbocycles. The van der Waals surface area contributed by atoms with Crippen molar-refractivity contribution in [2.75, 3.05) is 31.1 Å². The topological polar surface area (TPSA) is 45.4 Å². The van der Waals surface area contributed by atoms with Crippen molar-refractivity contribution in [1.82, 2.24) is 9.88 Å². The highest BCUT2D eigenvalue weighted by atomic mass is 32.1. The number of aromatic nitrogens is 1. The van der Waals surface area contributed by atoms with Gasteiger partial charge in [0, 0.05) is 25.7 Å². The molecule has 1 aromatic heterocycles. The molecule has 0 saturated carbocycles. The number of nitrogens with two attached hydrogens (primary N) is 1. The van der Waals surface area contributed by atoms with E-state index >= 15 is 0 Å². The van der Waals surface area contributed by atoms with Crippen molar-refractivity contribution in [3.63, 3.8) is 0 Å². The van der Waals surface area contributed by atoms with Gasteiger partial charge in [-0.05, 0) is 37.9 Å². The number of hydrogen-bond donors (Lipinski definition) is 1. The second-order valence-electron chi connectivity index (χ2n) is 5.38. The Bertz CT molecular complexity index is 476. The molecule has 102 valence electrons. The number of hydrogen-bond acceptors (Lipinski definition) is 4. The Morgan fingerprint density at radius 3 is 2.95 bits per heavy atom. The van der Waals surface area contributed by atoms with Gasteiger partial charge >= 0.3 is 0 Å². The summed E-state index contributed by atoms with van der Waals surface area (Å²) in [5.41, 5.74) is 6.39. The van der Waals surface area contributed by atoms with E-state index in [-0.39, 0.29) is 0 Å². The predicted octanol–water partition coefficient (Wildman–Crippen LogP) is 1.39. The Kier molecular flexibility index (Phi) is 3.66. The monoisotopic (exact) mass is 276 g/mol. The van der Waals surface area contributed by atoms with Crippen LogP contribution in [0.15, 0.2) is 18.2 Å². The van der Waals surface area contributed by atoms with E-state index in [1.165, 1.54) is 32.4 Å². The molecule has 2 saturated heterocycles. The minimum absolute atomic E-state index is 0.374. The summed E-state index contributed by atoms with van der Waals surface area (Å²) in [5.74, 6) is 1.01. The van der Waals surface area contributed by atoms with Crippen LogP contribution < -0.4 is 10.6 Å². The van der Waals surface area contributed by atoms with Crippen LogP contribution in [0.4, 0.5) is 5.82 Å². The fraction of sp³-hybridized carbons (Fsp3) is 0.571. The molecule has 2 N–H and O–H groups in total. The Balaban J connectivity index is 1.80. The van der Waals surface area contributed by atoms with Crippen LogP contribution in [0.3, 0.4) is 0 Å². The molecule has 4 nitrogen and oxygen atoms in total. The summed E-state index contributed by atoms with van der Waals surface area (Å²) in [6, 6.07) is 6.63. The summed E-state index contributed by atoms with van der Waals surface area (Å²) >= 11 is 5.01. The maximum atomic E-state index is 5.67. The van der Waals surface area contributed by atoms with Gasteiger partial charge in [-0.3, -0.25) is 4.90 Å². The molecule has 3 heterocycles. The summed E-state index contributed by atoms with van der Waals surface area (Å²) in [6.45, 7) is 4.63. The summed E-state index contributed by atoms with van der Waals surface area (Å²) in [6.07, 6.45) is 3.85. The minimum Gasteiger partial charge on any atom is -0.388 e. The van der Waals surface area contributed by atoms with E-state index in [1.807, 2.05) is 12.1 Å². The van der Waals surface area contributed by atoms with E-state index in [0.29, 0.717) is 11.0 Å². The first-order valence-electron chi connectivity index (χ1n) is 7.00. The molecular formula is C14H20N4S. The van der Waals surface area contributed by atoms with Crippen LogP contribution in [0.5, 0.6) is 0 Å². The van der Waals surface area contributed by atoms with Gasteiger partial charge in [0.1, 0.15) is 10.8 Å². The fourth-order valence-electron chi connectivity index (χ4n) is 3.15. The zero-order valence-electron chi connectivity index (χ0n) is 11.1. The van der Waals surface area contributed by atoms with Gasteiger partial charge in [-0.15, -0.1) is 0 Å². The van der Waals surface area contributed by atoms with Crippen molar-refractivity contribution in [1.29, 1.82) is 0 Å². The van der Waals surface area contributed by atoms with Crippen LogP contribution in [0.1, 0.15) is 25.0 Å². The summed E-state index contributed by atoms with van der Waals surface area (Å²) in [4.78, 5) is 9.98. The molecule has 19 heavy (non-hydrogen) atoms. The number of thiocarbonyl (C=S) groups is 1. The molecule has 1 atom stereocenters. The normalized spacial score (nSPS) is 24.0. The second kappa shape index (κ2) is 5.43. The highest BCUT2D eigenvalue weighted by molar-refractivity contribution is 7.80. The highest BCUT2D eigenvalue weighted by Crippen LogP contribution is 2.24. The molecule has 1 unspecified atom stereocenters. The number of rotatable bonds is 2. The van der Waals surface area contributed by atoms with E-state index in [2.05, 4.69) is 20.9 Å². The maximum Gasteiger partial charge on any atom is 0.129 e. The standard InChI is InChI=1S/C14H20N4S/c15-14(19)12-5-1-6-13(16-12)18-9-3-8-17-7-2-4-11(17)10-18/h1,5-6,11H,2-4,7-10H2,(H2,15,19). The van der Waals surface area contributed by atoms with E-state index in [4.69, 9.17) is 18.0 Å². The van der Waals surface area contributed by atoms with Crippen molar-refractivity contribution < 1.29 is 0 Å². The Hall–Kier alpha value is -1.20. The first-order valence-corrected chi connectivity index (χ1v) is 7.41. The van der Waals surface area contributed by atoms with Crippen LogP contribution in [0, 0.1) is 0 Å². The molecule has 0 aromatic carbocycles. The van der Waals surface area contributed by atoms with Gasteiger partial charge in [0.2, 0.25) is 0 Å². The average molecular weight is 276 g/mol. The third kappa shape index (κ3) is 2.72. The zero-order chi connectivity index (χ0) is 13.2. The summed E-state index contributed by atoms with van der Waals surface area (Å²) in [5, 5.41) is 0. The molecule has 1 aromatic rings. The number of fused-ring (bicyclic) bond motifs is 1. The number of pyridine rings is 1. The van der Waals surface area contributed by atoms with Crippen LogP contribution in [0.2, 0.25) is 0 Å². The van der Waals surface area contributed by atoms with Crippen LogP contribution in [-0.4, -0.2) is 47.1 Å². The van der Waals surface area contributed by atoms with Crippen LogP contribution >= 0.6 is 12.2 Å². The fourth-order valence-corrected chi connectivity index (χ4v) is 3.27. The van der Waals surface area contributed by atoms with Gasteiger partial charge in [-0.2, -0.15) is 0 Å². The largest absolute Gasteiger partial charge is 0.388 e. The van der Waals surface area contributed by atoms with E-state index < -0.39 is 0 Å². The zero-order valence-corrected chi connectivity index (χ0v) is 11.9. The van der Waals surface area contributed by atoms with Crippen LogP contribution in [-0.2, 0) is 0 Å². The van der Waals surface area contributed by atoms with Crippen molar-refractivity contribution in [3.05, 3.63) is 23.9 Å². The molecular weight excluding hydrogens is 256 g/mol. The van der Waals surface area contributed by atoms with E-state index in [0.717, 1.165) is 24.6 Å². The van der Waals surface area contributed by atoms with Crippen molar-refractivity contribution in [2.24, 2.45) is 5.73 Å². The Morgan fingerprint density at radius 1 is 1.26 bits per heavy atom. The molecule has 5 heteroatoms. The van der Waals surface area contributed by atoms with Gasteiger partial charge in [0.15, 0.2) is 0 Å². The lowest BCUT2D eigenvalue weighted by atomic mass is 10.2. The predicted molar refractivity (Wildman–Crippen MR) is 81.5 cm³/mol. The third-order valence-electron chi connectivity index (χ3n) is 4.11. The van der Waals surface area contributed by atoms with Gasteiger partial charge in [-0.1, -0.05) is 18.3 Å². The first-order chi connectivity index (χ1) is 9.24. The first kappa shape index (κ1) is 12.8. The lowest BCUT2D eigenvalue weighted by Crippen LogP contribution is -2.37. The molecule has 2 aliphatic rings. The molecule has 0 amide bonds. The minimum atomic E-state index is 0.374. The SMILES string of the molecule is NC(=S)c1cccc(N2CCCN3CCCC3C2)n1. The van der Waals surface area contributed by atoms with Crippen LogP contribution in [0.25, 0.3) is 0 Å². The second-order valence-corrected chi connectivity index (χ2v) is 5.82. The smallest absolute Gasteiger partial charge is 0.129 e. The van der Waals surface area contributed by atoms with Gasteiger partial charge in [0.25, 0.3) is 0 Å². The number of nitrogens with zero attached hydrogens (tertiary/aromatic N) is 3. The molecule has 0 radical (unpaired) electrons.